The van der Waals surface area contributed by atoms with E-state index in [-0.39, 0.29) is 0 Å². The van der Waals surface area contributed by atoms with Gasteiger partial charge in [-0.1, -0.05) is 6.07 Å². The summed E-state index contributed by atoms with van der Waals surface area (Å²) in [5.74, 6) is 0. The quantitative estimate of drug-likeness (QED) is 0.777. The van der Waals surface area contributed by atoms with Gasteiger partial charge in [-0.25, -0.2) is 0 Å². The first-order valence-corrected chi connectivity index (χ1v) is 5.95. The minimum Gasteiger partial charge on any atom is -0.330 e. The number of aryl methyl sites for hydroxylation is 1. The second kappa shape index (κ2) is 4.76. The molecule has 0 amide bonds. The van der Waals surface area contributed by atoms with Crippen LogP contribution in [0.25, 0.3) is 0 Å². The van der Waals surface area contributed by atoms with Crippen LogP contribution in [0.1, 0.15) is 11.1 Å². The number of hydrogen-bond acceptors (Lipinski definition) is 1. The summed E-state index contributed by atoms with van der Waals surface area (Å²) in [5, 5.41) is 0. The fourth-order valence-electron chi connectivity index (χ4n) is 1.06. The lowest BCUT2D eigenvalue weighted by molar-refractivity contribution is 0.959. The van der Waals surface area contributed by atoms with Crippen LogP contribution in [0.5, 0.6) is 0 Å². The Morgan fingerprint density at radius 2 is 1.92 bits per heavy atom. The zero-order chi connectivity index (χ0) is 9.14. The summed E-state index contributed by atoms with van der Waals surface area (Å²) >= 11 is 4.72. The molecule has 3 heteroatoms. The Bertz CT molecular complexity index is 284. The lowest BCUT2D eigenvalue weighted by Crippen LogP contribution is -2.04. The first kappa shape index (κ1) is 10.7. The summed E-state index contributed by atoms with van der Waals surface area (Å²) in [4.78, 5) is 0. The zero-order valence-corrected chi connectivity index (χ0v) is 11.2. The van der Waals surface area contributed by atoms with E-state index < -0.39 is 0 Å². The van der Waals surface area contributed by atoms with Crippen molar-refractivity contribution in [3.8, 4) is 0 Å². The molecular formula is C9H11I2N. The Morgan fingerprint density at radius 1 is 1.25 bits per heavy atom. The molecule has 0 aliphatic carbocycles. The van der Waals surface area contributed by atoms with Gasteiger partial charge in [-0.05, 0) is 82.3 Å². The smallest absolute Gasteiger partial charge is 0.0173 e. The van der Waals surface area contributed by atoms with Crippen LogP contribution >= 0.6 is 45.2 Å². The molecule has 1 aromatic carbocycles. The van der Waals surface area contributed by atoms with E-state index >= 15 is 0 Å². The van der Waals surface area contributed by atoms with Crippen LogP contribution in [0, 0.1) is 14.1 Å². The molecule has 12 heavy (non-hydrogen) atoms. The summed E-state index contributed by atoms with van der Waals surface area (Å²) < 4.78 is 2.66. The van der Waals surface area contributed by atoms with Crippen LogP contribution in [0.3, 0.4) is 0 Å². The van der Waals surface area contributed by atoms with Gasteiger partial charge in [0.1, 0.15) is 0 Å². The molecule has 0 saturated carbocycles. The SMILES string of the molecule is Cc1cc(CCN)c(I)cc1I. The number of nitrogens with two attached hydrogens (primary N) is 1. The highest BCUT2D eigenvalue weighted by Gasteiger charge is 2.02. The van der Waals surface area contributed by atoms with Crippen LogP contribution < -0.4 is 5.73 Å². The van der Waals surface area contributed by atoms with E-state index in [2.05, 4.69) is 64.2 Å². The molecule has 0 bridgehead atoms. The molecule has 0 spiro atoms. The maximum Gasteiger partial charge on any atom is 0.0173 e. The molecule has 0 heterocycles. The van der Waals surface area contributed by atoms with Crippen molar-refractivity contribution in [1.82, 2.24) is 0 Å². The van der Waals surface area contributed by atoms with Crippen molar-refractivity contribution in [2.75, 3.05) is 6.54 Å². The van der Waals surface area contributed by atoms with Crippen LogP contribution in [-0.2, 0) is 6.42 Å². The van der Waals surface area contributed by atoms with Gasteiger partial charge < -0.3 is 5.73 Å². The second-order valence-electron chi connectivity index (χ2n) is 2.73. The van der Waals surface area contributed by atoms with Gasteiger partial charge in [0.2, 0.25) is 0 Å². The molecule has 0 aliphatic heterocycles. The van der Waals surface area contributed by atoms with Crippen molar-refractivity contribution in [1.29, 1.82) is 0 Å². The molecule has 0 saturated heterocycles. The number of halogens is 2. The molecule has 0 aliphatic rings. The zero-order valence-electron chi connectivity index (χ0n) is 6.90. The normalized spacial score (nSPS) is 10.3. The van der Waals surface area contributed by atoms with Crippen molar-refractivity contribution in [3.63, 3.8) is 0 Å². The van der Waals surface area contributed by atoms with Gasteiger partial charge in [-0.2, -0.15) is 0 Å². The lowest BCUT2D eigenvalue weighted by atomic mass is 10.1. The van der Waals surface area contributed by atoms with E-state index in [4.69, 9.17) is 5.73 Å². The maximum atomic E-state index is 5.51. The average Bonchev–Trinajstić information content (AvgIpc) is 2.01. The summed E-state index contributed by atoms with van der Waals surface area (Å²) in [5.41, 5.74) is 8.23. The molecule has 1 rings (SSSR count). The van der Waals surface area contributed by atoms with Crippen molar-refractivity contribution in [2.24, 2.45) is 5.73 Å². The number of hydrogen-bond donors (Lipinski definition) is 1. The molecule has 1 nitrogen and oxygen atoms in total. The first-order valence-electron chi connectivity index (χ1n) is 3.79. The molecule has 66 valence electrons. The highest BCUT2D eigenvalue weighted by molar-refractivity contribution is 14.1. The molecule has 1 aromatic rings. The van der Waals surface area contributed by atoms with E-state index in [1.54, 1.807) is 0 Å². The van der Waals surface area contributed by atoms with E-state index in [0.717, 1.165) is 13.0 Å². The largest absolute Gasteiger partial charge is 0.330 e. The average molecular weight is 387 g/mol. The molecule has 0 atom stereocenters. The van der Waals surface area contributed by atoms with Gasteiger partial charge >= 0.3 is 0 Å². The third-order valence-corrected chi connectivity index (χ3v) is 3.91. The Morgan fingerprint density at radius 3 is 2.50 bits per heavy atom. The molecule has 0 fully saturated rings. The van der Waals surface area contributed by atoms with Gasteiger partial charge in [0.25, 0.3) is 0 Å². The van der Waals surface area contributed by atoms with Crippen molar-refractivity contribution < 1.29 is 0 Å². The van der Waals surface area contributed by atoms with Gasteiger partial charge in [0, 0.05) is 7.14 Å². The van der Waals surface area contributed by atoms with Crippen molar-refractivity contribution in [3.05, 3.63) is 30.4 Å². The summed E-state index contributed by atoms with van der Waals surface area (Å²) in [6.45, 7) is 2.87. The molecule has 0 unspecified atom stereocenters. The second-order valence-corrected chi connectivity index (χ2v) is 5.06. The first-order chi connectivity index (χ1) is 5.65. The third-order valence-electron chi connectivity index (χ3n) is 1.74. The summed E-state index contributed by atoms with van der Waals surface area (Å²) in [6.07, 6.45) is 0.982. The van der Waals surface area contributed by atoms with Crippen LogP contribution in [0.15, 0.2) is 12.1 Å². The Balaban J connectivity index is 3.05. The van der Waals surface area contributed by atoms with Gasteiger partial charge in [0.05, 0.1) is 0 Å². The molecule has 0 aromatic heterocycles. The summed E-state index contributed by atoms with van der Waals surface area (Å²) in [7, 11) is 0. The van der Waals surface area contributed by atoms with Crippen molar-refractivity contribution in [2.45, 2.75) is 13.3 Å². The lowest BCUT2D eigenvalue weighted by Gasteiger charge is -2.06. The molecule has 0 radical (unpaired) electrons. The van der Waals surface area contributed by atoms with Crippen LogP contribution in [0.4, 0.5) is 0 Å². The standard InChI is InChI=1S/C9H11I2N/c1-6-4-7(2-3-12)9(11)5-8(6)10/h4-5H,2-3,12H2,1H3. The van der Waals surface area contributed by atoms with E-state index in [1.807, 2.05) is 0 Å². The van der Waals surface area contributed by atoms with Gasteiger partial charge in [-0.3, -0.25) is 0 Å². The minimum absolute atomic E-state index is 0.732. The monoisotopic (exact) mass is 387 g/mol. The number of benzene rings is 1. The molecule has 2 N–H and O–H groups in total. The maximum absolute atomic E-state index is 5.51. The highest BCUT2D eigenvalue weighted by atomic mass is 127. The Hall–Kier alpha value is 0.640. The fourth-order valence-corrected chi connectivity index (χ4v) is 2.86. The van der Waals surface area contributed by atoms with E-state index in [0.29, 0.717) is 0 Å². The highest BCUT2D eigenvalue weighted by Crippen LogP contribution is 2.20. The van der Waals surface area contributed by atoms with Crippen LogP contribution in [0.2, 0.25) is 0 Å². The minimum atomic E-state index is 0.732. The third kappa shape index (κ3) is 2.56. The fraction of sp³-hybridized carbons (Fsp3) is 0.333. The van der Waals surface area contributed by atoms with Gasteiger partial charge in [-0.15, -0.1) is 0 Å². The Labute approximate surface area is 100 Å². The Kier molecular flexibility index (Phi) is 4.25. The van der Waals surface area contributed by atoms with E-state index in [1.165, 1.54) is 18.3 Å². The summed E-state index contributed by atoms with van der Waals surface area (Å²) in [6, 6.07) is 4.44. The van der Waals surface area contributed by atoms with Gasteiger partial charge in [0.15, 0.2) is 0 Å². The predicted molar refractivity (Wildman–Crippen MR) is 69.4 cm³/mol. The van der Waals surface area contributed by atoms with E-state index in [9.17, 15) is 0 Å². The number of rotatable bonds is 2. The topological polar surface area (TPSA) is 26.0 Å². The predicted octanol–water partition coefficient (Wildman–Crippen LogP) is 2.71. The van der Waals surface area contributed by atoms with Crippen LogP contribution in [-0.4, -0.2) is 6.54 Å². The molecular weight excluding hydrogens is 376 g/mol. The van der Waals surface area contributed by atoms with Crippen molar-refractivity contribution >= 4 is 45.2 Å².